The predicted octanol–water partition coefficient (Wildman–Crippen LogP) is 10.6. The molecule has 0 aromatic heterocycles. The molecule has 0 aliphatic carbocycles. The first-order valence-electron chi connectivity index (χ1n) is 17.4. The molecule has 7 rings (SSSR count). The molecule has 54 heavy (non-hydrogen) atoms. The Bertz CT molecular complexity index is 2070. The molecule has 0 spiro atoms. The van der Waals surface area contributed by atoms with Crippen molar-refractivity contribution in [2.24, 2.45) is 15.0 Å². The highest BCUT2D eigenvalue weighted by atomic mass is 16.1. The van der Waals surface area contributed by atoms with Crippen molar-refractivity contribution < 1.29 is 14.4 Å². The molecular weight excluding hydrogens is 667 g/mol. The second-order valence-electron chi connectivity index (χ2n) is 12.2. The number of rotatable bonds is 12. The third-order valence-electron chi connectivity index (χ3n) is 8.84. The third kappa shape index (κ3) is 7.45. The summed E-state index contributed by atoms with van der Waals surface area (Å²) in [6.45, 7) is 0. The molecule has 0 bridgehead atoms. The van der Waals surface area contributed by atoms with Crippen LogP contribution in [0.5, 0.6) is 0 Å². The number of carbonyl (C=O) groups excluding carboxylic acids is 3. The maximum absolute atomic E-state index is 13.5. The Morgan fingerprint density at radius 1 is 0.278 bits per heavy atom. The highest BCUT2D eigenvalue weighted by Gasteiger charge is 2.26. The van der Waals surface area contributed by atoms with Crippen molar-refractivity contribution in [2.45, 2.75) is 0 Å². The summed E-state index contributed by atoms with van der Waals surface area (Å²) in [6.07, 6.45) is 1.84. The van der Waals surface area contributed by atoms with E-state index in [1.165, 1.54) is 0 Å². The average molecular weight is 700 g/mol. The zero-order valence-corrected chi connectivity index (χ0v) is 29.1. The minimum absolute atomic E-state index is 0.0205. The smallest absolute Gasteiger partial charge is 0.154 e. The van der Waals surface area contributed by atoms with Crippen LogP contribution in [0.25, 0.3) is 0 Å². The second kappa shape index (κ2) is 16.7. The first-order valence-corrected chi connectivity index (χ1v) is 17.4. The van der Waals surface area contributed by atoms with E-state index in [9.17, 15) is 14.4 Å². The monoisotopic (exact) mass is 699 g/mol. The predicted molar refractivity (Wildman–Crippen MR) is 217 cm³/mol. The Balaban J connectivity index is 1.66. The summed E-state index contributed by atoms with van der Waals surface area (Å²) >= 11 is 0. The van der Waals surface area contributed by atoms with E-state index in [0.717, 1.165) is 33.4 Å². The highest BCUT2D eigenvalue weighted by Crippen LogP contribution is 2.43. The van der Waals surface area contributed by atoms with Crippen molar-refractivity contribution in [3.05, 3.63) is 232 Å². The number of aldehydes is 3. The van der Waals surface area contributed by atoms with Crippen molar-refractivity contribution in [3.8, 4) is 0 Å². The van der Waals surface area contributed by atoms with E-state index < -0.39 is 0 Å². The first kappa shape index (κ1) is 35.0. The number of hydrogen-bond donors (Lipinski definition) is 0. The lowest BCUT2D eigenvalue weighted by molar-refractivity contribution is 0.112. The molecule has 0 saturated carbocycles. The van der Waals surface area contributed by atoms with Crippen molar-refractivity contribution in [2.75, 3.05) is 0 Å². The fourth-order valence-electron chi connectivity index (χ4n) is 6.27. The van der Waals surface area contributed by atoms with Crippen LogP contribution < -0.4 is 0 Å². The first-order chi connectivity index (χ1) is 26.7. The summed E-state index contributed by atoms with van der Waals surface area (Å²) in [6, 6.07) is 57.1. The number of nitrogens with zero attached hydrogens (tertiary/aromatic N) is 3. The molecule has 0 heterocycles. The molecule has 0 fully saturated rings. The van der Waals surface area contributed by atoms with Crippen LogP contribution in [0.15, 0.2) is 197 Å². The van der Waals surface area contributed by atoms with Gasteiger partial charge in [-0.25, -0.2) is 15.0 Å². The Hall–Kier alpha value is -7.44. The van der Waals surface area contributed by atoms with Gasteiger partial charge in [-0.1, -0.05) is 182 Å². The zero-order valence-electron chi connectivity index (χ0n) is 29.1. The number of hydrogen-bond acceptors (Lipinski definition) is 6. The van der Waals surface area contributed by atoms with Gasteiger partial charge < -0.3 is 0 Å². The quantitative estimate of drug-likeness (QED) is 0.0939. The van der Waals surface area contributed by atoms with E-state index in [1.54, 1.807) is 0 Å². The normalized spacial score (nSPS) is 10.4. The Morgan fingerprint density at radius 2 is 0.444 bits per heavy atom. The molecule has 6 nitrogen and oxygen atoms in total. The van der Waals surface area contributed by atoms with Crippen LogP contribution in [-0.2, 0) is 0 Å². The van der Waals surface area contributed by atoms with Crippen LogP contribution in [0, 0.1) is 0 Å². The highest BCUT2D eigenvalue weighted by molar-refractivity contribution is 6.21. The number of carbonyl (C=O) groups is 3. The molecule has 0 saturated heterocycles. The van der Waals surface area contributed by atoms with Gasteiger partial charge in [-0.3, -0.25) is 14.4 Å². The summed E-state index contributed by atoms with van der Waals surface area (Å²) in [5.41, 5.74) is 6.19. The van der Waals surface area contributed by atoms with Crippen molar-refractivity contribution >= 4 is 53.1 Å². The zero-order chi connectivity index (χ0) is 37.1. The molecule has 0 unspecified atom stereocenters. The molecule has 7 aromatic rings. The minimum Gasteiger partial charge on any atom is -0.298 e. The SMILES string of the molecule is O=Cc1c(N=C(c2ccccc2)c2ccccc2)c(C=O)c(N=C(c2ccccc2)c2ccccc2)c(C=O)c1N=C(c1ccccc1)c1ccccc1. The molecule has 0 aliphatic rings. The fourth-order valence-corrected chi connectivity index (χ4v) is 6.27. The van der Waals surface area contributed by atoms with Gasteiger partial charge in [-0.15, -0.1) is 0 Å². The molecule has 0 atom stereocenters. The van der Waals surface area contributed by atoms with Crippen LogP contribution >= 0.6 is 0 Å². The molecule has 7 aromatic carbocycles. The van der Waals surface area contributed by atoms with Gasteiger partial charge in [0.15, 0.2) is 18.9 Å². The molecule has 258 valence electrons. The lowest BCUT2D eigenvalue weighted by Gasteiger charge is -2.18. The Morgan fingerprint density at radius 3 is 0.593 bits per heavy atom. The summed E-state index contributed by atoms with van der Waals surface area (Å²) in [7, 11) is 0. The van der Waals surface area contributed by atoms with Gasteiger partial charge in [0.2, 0.25) is 0 Å². The lowest BCUT2D eigenvalue weighted by atomic mass is 9.95. The van der Waals surface area contributed by atoms with E-state index in [1.807, 2.05) is 182 Å². The molecule has 0 radical (unpaired) electrons. The van der Waals surface area contributed by atoms with E-state index in [2.05, 4.69) is 0 Å². The second-order valence-corrected chi connectivity index (χ2v) is 12.2. The van der Waals surface area contributed by atoms with Crippen molar-refractivity contribution in [1.29, 1.82) is 0 Å². The van der Waals surface area contributed by atoms with Gasteiger partial charge in [0.25, 0.3) is 0 Å². The van der Waals surface area contributed by atoms with Crippen LogP contribution in [0.2, 0.25) is 0 Å². The molecule has 0 aliphatic heterocycles. The fraction of sp³-hybridized carbons (Fsp3) is 0. The van der Waals surface area contributed by atoms with Crippen molar-refractivity contribution in [1.82, 2.24) is 0 Å². The van der Waals surface area contributed by atoms with Gasteiger partial charge in [-0.05, 0) is 0 Å². The molecular formula is C48H33N3O3. The molecule has 0 N–H and O–H groups in total. The van der Waals surface area contributed by atoms with Crippen LogP contribution in [0.4, 0.5) is 17.1 Å². The lowest BCUT2D eigenvalue weighted by Crippen LogP contribution is -2.08. The number of benzene rings is 7. The largest absolute Gasteiger partial charge is 0.298 e. The standard InChI is InChI=1S/C48H33N3O3/c52-31-40-46(49-43(34-19-7-1-8-20-34)35-21-9-2-10-22-35)41(32-53)48(51-45(38-27-15-5-16-28-38)39-29-17-6-18-30-39)42(33-54)47(40)50-44(36-23-11-3-12-24-36)37-25-13-4-14-26-37/h1-33H. The molecule has 0 amide bonds. The summed E-state index contributed by atoms with van der Waals surface area (Å²) < 4.78 is 0. The van der Waals surface area contributed by atoms with Gasteiger partial charge in [-0.2, -0.15) is 0 Å². The van der Waals surface area contributed by atoms with Gasteiger partial charge in [0.05, 0.1) is 50.9 Å². The Kier molecular flexibility index (Phi) is 10.8. The maximum Gasteiger partial charge on any atom is 0.154 e. The minimum atomic E-state index is -0.0205. The van der Waals surface area contributed by atoms with Crippen molar-refractivity contribution in [3.63, 3.8) is 0 Å². The summed E-state index contributed by atoms with van der Waals surface area (Å²) in [5.74, 6) is 0. The third-order valence-corrected chi connectivity index (χ3v) is 8.84. The van der Waals surface area contributed by atoms with E-state index in [-0.39, 0.29) is 33.8 Å². The average Bonchev–Trinajstić information content (AvgIpc) is 3.25. The van der Waals surface area contributed by atoms with E-state index >= 15 is 0 Å². The van der Waals surface area contributed by atoms with Crippen LogP contribution in [-0.4, -0.2) is 36.0 Å². The van der Waals surface area contributed by atoms with Gasteiger partial charge >= 0.3 is 0 Å². The summed E-state index contributed by atoms with van der Waals surface area (Å²) in [5, 5.41) is 0. The van der Waals surface area contributed by atoms with Crippen LogP contribution in [0.1, 0.15) is 64.5 Å². The topological polar surface area (TPSA) is 88.3 Å². The molecule has 6 heteroatoms. The van der Waals surface area contributed by atoms with Crippen LogP contribution in [0.3, 0.4) is 0 Å². The maximum atomic E-state index is 13.5. The van der Waals surface area contributed by atoms with Gasteiger partial charge in [0, 0.05) is 33.4 Å². The van der Waals surface area contributed by atoms with E-state index in [0.29, 0.717) is 36.0 Å². The Labute approximate surface area is 313 Å². The van der Waals surface area contributed by atoms with E-state index in [4.69, 9.17) is 15.0 Å². The van der Waals surface area contributed by atoms with Gasteiger partial charge in [0.1, 0.15) is 0 Å². The number of aliphatic imine (C=N–C) groups is 3. The summed E-state index contributed by atoms with van der Waals surface area (Å²) in [4.78, 5) is 55.8.